The van der Waals surface area contributed by atoms with Crippen molar-refractivity contribution in [2.24, 2.45) is 0 Å². The van der Waals surface area contributed by atoms with Crippen molar-refractivity contribution in [3.63, 3.8) is 0 Å². The van der Waals surface area contributed by atoms with Crippen LogP contribution in [0.4, 0.5) is 0 Å². The highest BCUT2D eigenvalue weighted by molar-refractivity contribution is 5.35. The molecule has 0 saturated carbocycles. The molecule has 0 heterocycles. The lowest BCUT2D eigenvalue weighted by Crippen LogP contribution is -1.99. The van der Waals surface area contributed by atoms with Crippen LogP contribution in [0.5, 0.6) is 0 Å². The molecule has 0 aliphatic heterocycles. The standard InChI is InChI=1S/C15H24/c1-4-7-8-12-15-13(5-2)10-9-11-14(15)6-3/h9-11H,4-8,12H2,1-3H3. The first kappa shape index (κ1) is 12.3. The molecule has 0 N–H and O–H groups in total. The topological polar surface area (TPSA) is 0 Å². The van der Waals surface area contributed by atoms with E-state index in [1.165, 1.54) is 38.5 Å². The maximum absolute atomic E-state index is 2.29. The fourth-order valence-electron chi connectivity index (χ4n) is 2.22. The van der Waals surface area contributed by atoms with Gasteiger partial charge in [0.05, 0.1) is 0 Å². The van der Waals surface area contributed by atoms with Gasteiger partial charge in [-0.1, -0.05) is 51.8 Å². The summed E-state index contributed by atoms with van der Waals surface area (Å²) in [6, 6.07) is 6.79. The first-order valence-electron chi connectivity index (χ1n) is 6.43. The summed E-state index contributed by atoms with van der Waals surface area (Å²) in [6.07, 6.45) is 7.66. The molecule has 1 rings (SSSR count). The molecule has 0 aliphatic carbocycles. The normalized spacial score (nSPS) is 10.6. The Balaban J connectivity index is 2.80. The molecule has 0 aliphatic rings. The molecule has 84 valence electrons. The van der Waals surface area contributed by atoms with Gasteiger partial charge in [-0.05, 0) is 42.4 Å². The van der Waals surface area contributed by atoms with Gasteiger partial charge in [-0.15, -0.1) is 0 Å². The van der Waals surface area contributed by atoms with Crippen LogP contribution in [-0.2, 0) is 19.3 Å². The highest BCUT2D eigenvalue weighted by Crippen LogP contribution is 2.19. The lowest BCUT2D eigenvalue weighted by molar-refractivity contribution is 0.709. The Morgan fingerprint density at radius 3 is 1.93 bits per heavy atom. The van der Waals surface area contributed by atoms with Gasteiger partial charge in [-0.25, -0.2) is 0 Å². The molecule has 0 bridgehead atoms. The van der Waals surface area contributed by atoms with Crippen LogP contribution >= 0.6 is 0 Å². The van der Waals surface area contributed by atoms with Crippen LogP contribution in [0, 0.1) is 0 Å². The molecule has 0 saturated heterocycles. The third-order valence-electron chi connectivity index (χ3n) is 3.16. The lowest BCUT2D eigenvalue weighted by atomic mass is 9.93. The first-order valence-corrected chi connectivity index (χ1v) is 6.43. The van der Waals surface area contributed by atoms with Crippen LogP contribution in [0.3, 0.4) is 0 Å². The zero-order valence-electron chi connectivity index (χ0n) is 10.5. The monoisotopic (exact) mass is 204 g/mol. The largest absolute Gasteiger partial charge is 0.0654 e. The summed E-state index contributed by atoms with van der Waals surface area (Å²) in [6.45, 7) is 6.79. The number of benzene rings is 1. The molecular formula is C15H24. The molecule has 0 nitrogen and oxygen atoms in total. The minimum atomic E-state index is 1.18. The SMILES string of the molecule is CCCCCc1c(CC)cccc1CC. The third-order valence-corrected chi connectivity index (χ3v) is 3.16. The van der Waals surface area contributed by atoms with E-state index in [9.17, 15) is 0 Å². The summed E-state index contributed by atoms with van der Waals surface area (Å²) in [5.41, 5.74) is 4.76. The molecule has 0 unspecified atom stereocenters. The van der Waals surface area contributed by atoms with Gasteiger partial charge in [0, 0.05) is 0 Å². The van der Waals surface area contributed by atoms with E-state index in [1.54, 1.807) is 16.7 Å². The van der Waals surface area contributed by atoms with Crippen molar-refractivity contribution in [1.82, 2.24) is 0 Å². The van der Waals surface area contributed by atoms with Gasteiger partial charge in [0.25, 0.3) is 0 Å². The zero-order valence-corrected chi connectivity index (χ0v) is 10.5. The smallest absolute Gasteiger partial charge is 0.0273 e. The van der Waals surface area contributed by atoms with Crippen molar-refractivity contribution >= 4 is 0 Å². The number of hydrogen-bond donors (Lipinski definition) is 0. The van der Waals surface area contributed by atoms with Gasteiger partial charge >= 0.3 is 0 Å². The van der Waals surface area contributed by atoms with Gasteiger partial charge in [0.15, 0.2) is 0 Å². The molecule has 0 atom stereocenters. The van der Waals surface area contributed by atoms with Crippen molar-refractivity contribution in [1.29, 1.82) is 0 Å². The Morgan fingerprint density at radius 2 is 1.47 bits per heavy atom. The molecule has 0 spiro atoms. The quantitative estimate of drug-likeness (QED) is 0.597. The summed E-state index contributed by atoms with van der Waals surface area (Å²) in [5.74, 6) is 0. The van der Waals surface area contributed by atoms with E-state index < -0.39 is 0 Å². The van der Waals surface area contributed by atoms with E-state index in [1.807, 2.05) is 0 Å². The molecule has 0 fully saturated rings. The highest BCUT2D eigenvalue weighted by Gasteiger charge is 2.05. The van der Waals surface area contributed by atoms with Gasteiger partial charge < -0.3 is 0 Å². The molecule has 0 heteroatoms. The van der Waals surface area contributed by atoms with Crippen molar-refractivity contribution in [2.75, 3.05) is 0 Å². The second-order valence-corrected chi connectivity index (χ2v) is 4.22. The average molecular weight is 204 g/mol. The van der Waals surface area contributed by atoms with Crippen molar-refractivity contribution in [3.8, 4) is 0 Å². The van der Waals surface area contributed by atoms with Crippen LogP contribution in [0.25, 0.3) is 0 Å². The van der Waals surface area contributed by atoms with Crippen LogP contribution in [-0.4, -0.2) is 0 Å². The average Bonchev–Trinajstić information content (AvgIpc) is 2.29. The van der Waals surface area contributed by atoms with Crippen molar-refractivity contribution in [2.45, 2.75) is 59.3 Å². The Morgan fingerprint density at radius 1 is 0.867 bits per heavy atom. The molecule has 0 amide bonds. The fraction of sp³-hybridized carbons (Fsp3) is 0.600. The van der Waals surface area contributed by atoms with Crippen LogP contribution in [0.15, 0.2) is 18.2 Å². The third kappa shape index (κ3) is 3.37. The lowest BCUT2D eigenvalue weighted by Gasteiger charge is -2.12. The first-order chi connectivity index (χ1) is 7.33. The second kappa shape index (κ2) is 6.66. The Hall–Kier alpha value is -0.780. The molecule has 0 radical (unpaired) electrons. The Kier molecular flexibility index (Phi) is 5.45. The number of hydrogen-bond acceptors (Lipinski definition) is 0. The van der Waals surface area contributed by atoms with E-state index in [0.29, 0.717) is 0 Å². The van der Waals surface area contributed by atoms with Gasteiger partial charge in [-0.3, -0.25) is 0 Å². The maximum Gasteiger partial charge on any atom is -0.0273 e. The molecule has 1 aromatic carbocycles. The van der Waals surface area contributed by atoms with Gasteiger partial charge in [0.1, 0.15) is 0 Å². The van der Waals surface area contributed by atoms with Crippen LogP contribution in [0.1, 0.15) is 56.7 Å². The predicted molar refractivity (Wildman–Crippen MR) is 68.4 cm³/mol. The predicted octanol–water partition coefficient (Wildman–Crippen LogP) is 4.54. The summed E-state index contributed by atoms with van der Waals surface area (Å²) in [4.78, 5) is 0. The molecule has 1 aromatic rings. The second-order valence-electron chi connectivity index (χ2n) is 4.22. The maximum atomic E-state index is 2.29. The Bertz CT molecular complexity index is 264. The zero-order chi connectivity index (χ0) is 11.1. The van der Waals surface area contributed by atoms with E-state index in [2.05, 4.69) is 39.0 Å². The number of unbranched alkanes of at least 4 members (excludes halogenated alkanes) is 2. The number of aryl methyl sites for hydroxylation is 2. The fourth-order valence-corrected chi connectivity index (χ4v) is 2.22. The summed E-state index contributed by atoms with van der Waals surface area (Å²) < 4.78 is 0. The van der Waals surface area contributed by atoms with Crippen molar-refractivity contribution < 1.29 is 0 Å². The minimum absolute atomic E-state index is 1.18. The molecular weight excluding hydrogens is 180 g/mol. The molecule has 15 heavy (non-hydrogen) atoms. The van der Waals surface area contributed by atoms with E-state index >= 15 is 0 Å². The van der Waals surface area contributed by atoms with Crippen LogP contribution in [0.2, 0.25) is 0 Å². The van der Waals surface area contributed by atoms with E-state index in [4.69, 9.17) is 0 Å². The number of rotatable bonds is 6. The van der Waals surface area contributed by atoms with E-state index in [-0.39, 0.29) is 0 Å². The summed E-state index contributed by atoms with van der Waals surface area (Å²) >= 11 is 0. The summed E-state index contributed by atoms with van der Waals surface area (Å²) in [5, 5.41) is 0. The van der Waals surface area contributed by atoms with E-state index in [0.717, 1.165) is 0 Å². The van der Waals surface area contributed by atoms with Crippen molar-refractivity contribution in [3.05, 3.63) is 34.9 Å². The molecule has 0 aromatic heterocycles. The highest BCUT2D eigenvalue weighted by atomic mass is 14.1. The Labute approximate surface area is 94.7 Å². The van der Waals surface area contributed by atoms with Crippen LogP contribution < -0.4 is 0 Å². The minimum Gasteiger partial charge on any atom is -0.0654 e. The summed E-state index contributed by atoms with van der Waals surface area (Å²) in [7, 11) is 0. The van der Waals surface area contributed by atoms with Gasteiger partial charge in [0.2, 0.25) is 0 Å². The van der Waals surface area contributed by atoms with Gasteiger partial charge in [-0.2, -0.15) is 0 Å².